The van der Waals surface area contributed by atoms with E-state index in [1.165, 1.54) is 12.8 Å². The Balaban J connectivity index is 1.56. The van der Waals surface area contributed by atoms with Gasteiger partial charge in [0.1, 0.15) is 11.6 Å². The van der Waals surface area contributed by atoms with Crippen LogP contribution in [-0.4, -0.2) is 43.9 Å². The van der Waals surface area contributed by atoms with E-state index in [1.807, 2.05) is 6.07 Å². The standard InChI is InChI=1S/C18H19BrN7O2/c1-26(27)12-5-11(6-13(7-12)28-2)21-18-20-9-14(19)17(23-18)22-16-8-15(24-25-16)10-3-4-10/h5-10,27H,1,3-4H2,2H3,(H3,20,21,22,23,24,25)/q+1. The van der Waals surface area contributed by atoms with Crippen molar-refractivity contribution < 1.29 is 14.7 Å². The maximum absolute atomic E-state index is 9.61. The summed E-state index contributed by atoms with van der Waals surface area (Å²) in [4.78, 5) is 8.78. The summed E-state index contributed by atoms with van der Waals surface area (Å²) >= 11 is 3.46. The van der Waals surface area contributed by atoms with Gasteiger partial charge in [0.05, 0.1) is 29.0 Å². The number of hydrogen-bond donors (Lipinski definition) is 4. The molecule has 0 aliphatic heterocycles. The van der Waals surface area contributed by atoms with E-state index in [-0.39, 0.29) is 0 Å². The van der Waals surface area contributed by atoms with Gasteiger partial charge in [-0.2, -0.15) is 10.1 Å². The lowest BCUT2D eigenvalue weighted by Gasteiger charge is -2.10. The Morgan fingerprint density at radius 1 is 1.29 bits per heavy atom. The van der Waals surface area contributed by atoms with Gasteiger partial charge in [-0.25, -0.2) is 4.98 Å². The molecular formula is C18H19BrN7O2+. The molecule has 2 aromatic heterocycles. The number of ether oxygens (including phenoxy) is 1. The van der Waals surface area contributed by atoms with Crippen molar-refractivity contribution in [2.75, 3.05) is 17.7 Å². The van der Waals surface area contributed by atoms with Crippen LogP contribution >= 0.6 is 15.9 Å². The highest BCUT2D eigenvalue weighted by atomic mass is 79.9. The third-order valence-corrected chi connectivity index (χ3v) is 4.85. The Bertz CT molecular complexity index is 1030. The lowest BCUT2D eigenvalue weighted by molar-refractivity contribution is -0.706. The van der Waals surface area contributed by atoms with E-state index in [0.717, 1.165) is 16.3 Å². The molecule has 4 rings (SSSR count). The Morgan fingerprint density at radius 3 is 2.82 bits per heavy atom. The highest BCUT2D eigenvalue weighted by molar-refractivity contribution is 9.10. The zero-order chi connectivity index (χ0) is 19.7. The van der Waals surface area contributed by atoms with Gasteiger partial charge in [0.15, 0.2) is 12.5 Å². The fraction of sp³-hybridized carbons (Fsp3) is 0.222. The molecule has 1 aromatic carbocycles. The molecule has 2 heterocycles. The zero-order valence-electron chi connectivity index (χ0n) is 15.1. The Kier molecular flexibility index (Phi) is 4.86. The second-order valence-corrected chi connectivity index (χ2v) is 7.29. The maximum Gasteiger partial charge on any atom is 0.262 e. The van der Waals surface area contributed by atoms with Crippen molar-refractivity contribution in [3.63, 3.8) is 0 Å². The summed E-state index contributed by atoms with van der Waals surface area (Å²) < 4.78 is 6.73. The zero-order valence-corrected chi connectivity index (χ0v) is 16.7. The summed E-state index contributed by atoms with van der Waals surface area (Å²) in [5, 5.41) is 23.2. The van der Waals surface area contributed by atoms with Crippen molar-refractivity contribution in [3.05, 3.63) is 40.6 Å². The molecule has 0 atom stereocenters. The van der Waals surface area contributed by atoms with Crippen molar-refractivity contribution in [1.29, 1.82) is 0 Å². The molecule has 3 aromatic rings. The van der Waals surface area contributed by atoms with Crippen molar-refractivity contribution in [2.24, 2.45) is 0 Å². The third-order valence-electron chi connectivity index (χ3n) is 4.27. The number of hydrogen-bond acceptors (Lipinski definition) is 7. The molecule has 0 radical (unpaired) electrons. The first kappa shape index (κ1) is 18.2. The minimum Gasteiger partial charge on any atom is -0.496 e. The summed E-state index contributed by atoms with van der Waals surface area (Å²) in [6, 6.07) is 7.12. The topological polar surface area (TPSA) is 111 Å². The fourth-order valence-corrected chi connectivity index (χ4v) is 2.97. The summed E-state index contributed by atoms with van der Waals surface area (Å²) in [7, 11) is 1.55. The van der Waals surface area contributed by atoms with Gasteiger partial charge in [0.25, 0.3) is 5.69 Å². The molecule has 28 heavy (non-hydrogen) atoms. The van der Waals surface area contributed by atoms with Crippen LogP contribution < -0.4 is 15.4 Å². The Morgan fingerprint density at radius 2 is 2.11 bits per heavy atom. The maximum atomic E-state index is 9.61. The highest BCUT2D eigenvalue weighted by Gasteiger charge is 2.26. The second-order valence-electron chi connectivity index (χ2n) is 6.44. The number of nitrogens with zero attached hydrogens (tertiary/aromatic N) is 4. The molecule has 10 heteroatoms. The van der Waals surface area contributed by atoms with Crippen LogP contribution in [0.3, 0.4) is 0 Å². The molecule has 1 saturated carbocycles. The molecule has 0 unspecified atom stereocenters. The number of aromatic nitrogens is 4. The smallest absolute Gasteiger partial charge is 0.262 e. The molecule has 1 aliphatic rings. The van der Waals surface area contributed by atoms with Gasteiger partial charge in [0.2, 0.25) is 5.95 Å². The highest BCUT2D eigenvalue weighted by Crippen LogP contribution is 2.39. The molecule has 1 fully saturated rings. The molecular weight excluding hydrogens is 426 g/mol. The minimum atomic E-state index is 0.375. The van der Waals surface area contributed by atoms with Crippen LogP contribution in [0, 0.1) is 0 Å². The summed E-state index contributed by atoms with van der Waals surface area (Å²) in [6.45, 7) is 3.47. The number of H-pyrrole nitrogens is 1. The van der Waals surface area contributed by atoms with Crippen LogP contribution in [0.4, 0.5) is 29.0 Å². The number of anilines is 4. The Hall–Kier alpha value is -3.14. The first-order chi connectivity index (χ1) is 13.5. The number of methoxy groups -OCH3 is 1. The van der Waals surface area contributed by atoms with Crippen LogP contribution in [0.15, 0.2) is 34.9 Å². The van der Waals surface area contributed by atoms with Crippen LogP contribution in [-0.2, 0) is 0 Å². The SMILES string of the molecule is C=[N+](O)c1cc(Nc2ncc(Br)c(Nc3cc(C4CC4)n[nH]3)n2)cc(OC)c1. The molecule has 0 saturated heterocycles. The van der Waals surface area contributed by atoms with Crippen molar-refractivity contribution >= 4 is 51.6 Å². The fourth-order valence-electron chi connectivity index (χ4n) is 2.68. The van der Waals surface area contributed by atoms with Gasteiger partial charge in [-0.05, 0) is 28.8 Å². The predicted octanol–water partition coefficient (Wildman–Crippen LogP) is 4.07. The monoisotopic (exact) mass is 444 g/mol. The van der Waals surface area contributed by atoms with Gasteiger partial charge in [-0.3, -0.25) is 10.3 Å². The van der Waals surface area contributed by atoms with Gasteiger partial charge in [-0.15, -0.1) is 0 Å². The van der Waals surface area contributed by atoms with Gasteiger partial charge in [0, 0.05) is 35.1 Å². The molecule has 0 amide bonds. The van der Waals surface area contributed by atoms with E-state index in [0.29, 0.717) is 39.3 Å². The molecule has 4 N–H and O–H groups in total. The van der Waals surface area contributed by atoms with E-state index in [2.05, 4.69) is 53.4 Å². The van der Waals surface area contributed by atoms with Gasteiger partial charge < -0.3 is 15.4 Å². The van der Waals surface area contributed by atoms with E-state index >= 15 is 0 Å². The first-order valence-corrected chi connectivity index (χ1v) is 9.41. The number of halogens is 1. The molecule has 0 spiro atoms. The number of rotatable bonds is 7. The summed E-state index contributed by atoms with van der Waals surface area (Å²) in [5.41, 5.74) is 2.17. The van der Waals surface area contributed by atoms with Crippen LogP contribution in [0.2, 0.25) is 0 Å². The molecule has 1 aliphatic carbocycles. The first-order valence-electron chi connectivity index (χ1n) is 8.62. The largest absolute Gasteiger partial charge is 0.496 e. The van der Waals surface area contributed by atoms with E-state index in [9.17, 15) is 5.21 Å². The van der Waals surface area contributed by atoms with Crippen molar-refractivity contribution in [1.82, 2.24) is 20.2 Å². The predicted molar refractivity (Wildman–Crippen MR) is 109 cm³/mol. The van der Waals surface area contributed by atoms with E-state index in [4.69, 9.17) is 4.74 Å². The number of benzene rings is 1. The quantitative estimate of drug-likeness (QED) is 0.188. The van der Waals surface area contributed by atoms with Crippen LogP contribution in [0.5, 0.6) is 5.75 Å². The number of nitrogens with one attached hydrogen (secondary N) is 3. The molecule has 9 nitrogen and oxygen atoms in total. The second kappa shape index (κ2) is 7.47. The minimum absolute atomic E-state index is 0.375. The summed E-state index contributed by atoms with van der Waals surface area (Å²) in [5.74, 6) is 2.86. The lowest BCUT2D eigenvalue weighted by Crippen LogP contribution is -2.03. The average molecular weight is 445 g/mol. The van der Waals surface area contributed by atoms with E-state index in [1.54, 1.807) is 31.5 Å². The van der Waals surface area contributed by atoms with Crippen molar-refractivity contribution in [2.45, 2.75) is 18.8 Å². The summed E-state index contributed by atoms with van der Waals surface area (Å²) in [6.07, 6.45) is 4.03. The third kappa shape index (κ3) is 4.06. The van der Waals surface area contributed by atoms with Crippen LogP contribution in [0.25, 0.3) is 0 Å². The Labute approximate surface area is 169 Å². The van der Waals surface area contributed by atoms with Gasteiger partial charge in [-0.1, -0.05) is 0 Å². The van der Waals surface area contributed by atoms with E-state index < -0.39 is 0 Å². The molecule has 0 bridgehead atoms. The molecule has 144 valence electrons. The number of aromatic amines is 1. The van der Waals surface area contributed by atoms with Gasteiger partial charge >= 0.3 is 0 Å². The normalized spacial score (nSPS) is 13.2. The van der Waals surface area contributed by atoms with Crippen molar-refractivity contribution in [3.8, 4) is 5.75 Å². The van der Waals surface area contributed by atoms with Crippen LogP contribution in [0.1, 0.15) is 24.5 Å². The lowest BCUT2D eigenvalue weighted by atomic mass is 10.2. The average Bonchev–Trinajstić information content (AvgIpc) is 3.43.